The second-order valence-corrected chi connectivity index (χ2v) is 5.98. The molecule has 22 heavy (non-hydrogen) atoms. The third-order valence-corrected chi connectivity index (χ3v) is 4.36. The highest BCUT2D eigenvalue weighted by atomic mass is 16.3. The Morgan fingerprint density at radius 3 is 2.91 bits per heavy atom. The van der Waals surface area contributed by atoms with Gasteiger partial charge in [-0.1, -0.05) is 24.3 Å². The zero-order chi connectivity index (χ0) is 15.5. The molecule has 4 nitrogen and oxygen atoms in total. The topological polar surface area (TPSA) is 53.7 Å². The standard InChI is InChI=1S/C18H21NO3/c1-13-17(6-8-22-13)18(21)19-7-5-15(11-19)9-14-3-2-4-16(10-14)12-20/h2-4,6,8,10,15,20H,5,7,9,11-12H2,1H3. The van der Waals surface area contributed by atoms with Crippen molar-refractivity contribution in [2.75, 3.05) is 13.1 Å². The van der Waals surface area contributed by atoms with Crippen LogP contribution in [0.4, 0.5) is 0 Å². The van der Waals surface area contributed by atoms with Crippen LogP contribution in [0.2, 0.25) is 0 Å². The normalized spacial score (nSPS) is 17.9. The molecule has 0 radical (unpaired) electrons. The second-order valence-electron chi connectivity index (χ2n) is 5.98. The molecule has 0 bridgehead atoms. The molecule has 3 rings (SSSR count). The van der Waals surface area contributed by atoms with Crippen LogP contribution in [0.1, 0.15) is 33.7 Å². The predicted molar refractivity (Wildman–Crippen MR) is 83.5 cm³/mol. The number of carbonyl (C=O) groups is 1. The Labute approximate surface area is 130 Å². The van der Waals surface area contributed by atoms with E-state index in [0.29, 0.717) is 17.2 Å². The minimum absolute atomic E-state index is 0.0675. The fraction of sp³-hybridized carbons (Fsp3) is 0.389. The van der Waals surface area contributed by atoms with Crippen LogP contribution >= 0.6 is 0 Å². The van der Waals surface area contributed by atoms with Crippen molar-refractivity contribution < 1.29 is 14.3 Å². The van der Waals surface area contributed by atoms with Gasteiger partial charge in [0.25, 0.3) is 5.91 Å². The lowest BCUT2D eigenvalue weighted by molar-refractivity contribution is 0.0785. The molecule has 0 saturated carbocycles. The van der Waals surface area contributed by atoms with Gasteiger partial charge < -0.3 is 14.4 Å². The fourth-order valence-corrected chi connectivity index (χ4v) is 3.15. The van der Waals surface area contributed by atoms with Crippen LogP contribution in [0.15, 0.2) is 41.0 Å². The number of nitrogens with zero attached hydrogens (tertiary/aromatic N) is 1. The number of aryl methyl sites for hydroxylation is 1. The van der Waals surface area contributed by atoms with Crippen LogP contribution in [0.25, 0.3) is 0 Å². The molecule has 1 atom stereocenters. The average Bonchev–Trinajstić information content (AvgIpc) is 3.16. The molecule has 2 aromatic rings. The van der Waals surface area contributed by atoms with Gasteiger partial charge in [0.15, 0.2) is 0 Å². The third kappa shape index (κ3) is 3.07. The highest BCUT2D eigenvalue weighted by molar-refractivity contribution is 5.95. The van der Waals surface area contributed by atoms with Gasteiger partial charge >= 0.3 is 0 Å². The van der Waals surface area contributed by atoms with Crippen molar-refractivity contribution >= 4 is 5.91 Å². The quantitative estimate of drug-likeness (QED) is 0.944. The van der Waals surface area contributed by atoms with Gasteiger partial charge in [0.2, 0.25) is 0 Å². The number of benzene rings is 1. The van der Waals surface area contributed by atoms with E-state index in [1.807, 2.05) is 30.0 Å². The molecule has 1 N–H and O–H groups in total. The van der Waals surface area contributed by atoms with Gasteiger partial charge in [-0.25, -0.2) is 0 Å². The molecule has 1 aromatic heterocycles. The van der Waals surface area contributed by atoms with E-state index >= 15 is 0 Å². The Bertz CT molecular complexity index is 662. The number of amides is 1. The summed E-state index contributed by atoms with van der Waals surface area (Å²) in [5.74, 6) is 1.23. The van der Waals surface area contributed by atoms with Crippen molar-refractivity contribution in [2.24, 2.45) is 5.92 Å². The molecule has 1 unspecified atom stereocenters. The minimum atomic E-state index is 0.0675. The average molecular weight is 299 g/mol. The van der Waals surface area contributed by atoms with E-state index in [1.54, 1.807) is 12.3 Å². The maximum Gasteiger partial charge on any atom is 0.257 e. The summed E-state index contributed by atoms with van der Waals surface area (Å²) >= 11 is 0. The van der Waals surface area contributed by atoms with Crippen LogP contribution in [-0.4, -0.2) is 29.0 Å². The van der Waals surface area contributed by atoms with E-state index in [0.717, 1.165) is 31.5 Å². The van der Waals surface area contributed by atoms with Crippen molar-refractivity contribution in [3.63, 3.8) is 0 Å². The summed E-state index contributed by atoms with van der Waals surface area (Å²) in [7, 11) is 0. The van der Waals surface area contributed by atoms with Crippen molar-refractivity contribution in [2.45, 2.75) is 26.4 Å². The van der Waals surface area contributed by atoms with Gasteiger partial charge in [0.1, 0.15) is 5.76 Å². The third-order valence-electron chi connectivity index (χ3n) is 4.36. The highest BCUT2D eigenvalue weighted by Gasteiger charge is 2.28. The summed E-state index contributed by atoms with van der Waals surface area (Å²) in [6.45, 7) is 3.48. The number of aliphatic hydroxyl groups is 1. The summed E-state index contributed by atoms with van der Waals surface area (Å²) in [4.78, 5) is 14.4. The first-order valence-electron chi connectivity index (χ1n) is 7.69. The Morgan fingerprint density at radius 1 is 1.36 bits per heavy atom. The van der Waals surface area contributed by atoms with Crippen molar-refractivity contribution in [1.29, 1.82) is 0 Å². The lowest BCUT2D eigenvalue weighted by atomic mass is 9.97. The number of hydrogen-bond donors (Lipinski definition) is 1. The van der Waals surface area contributed by atoms with Gasteiger partial charge in [0, 0.05) is 13.1 Å². The molecule has 1 aliphatic rings. The monoisotopic (exact) mass is 299 g/mol. The molecular weight excluding hydrogens is 278 g/mol. The Morgan fingerprint density at radius 2 is 2.18 bits per heavy atom. The van der Waals surface area contributed by atoms with E-state index in [2.05, 4.69) is 6.07 Å². The number of rotatable bonds is 4. The molecule has 2 heterocycles. The molecule has 1 saturated heterocycles. The number of hydrogen-bond acceptors (Lipinski definition) is 3. The maximum atomic E-state index is 12.5. The zero-order valence-electron chi connectivity index (χ0n) is 12.8. The van der Waals surface area contributed by atoms with E-state index in [4.69, 9.17) is 4.42 Å². The summed E-state index contributed by atoms with van der Waals surface area (Å²) < 4.78 is 5.22. The first-order valence-corrected chi connectivity index (χ1v) is 7.69. The molecule has 1 amide bonds. The lowest BCUT2D eigenvalue weighted by Crippen LogP contribution is -2.29. The van der Waals surface area contributed by atoms with Crippen molar-refractivity contribution in [3.05, 3.63) is 59.0 Å². The minimum Gasteiger partial charge on any atom is -0.469 e. The molecular formula is C18H21NO3. The van der Waals surface area contributed by atoms with Gasteiger partial charge in [-0.2, -0.15) is 0 Å². The largest absolute Gasteiger partial charge is 0.469 e. The highest BCUT2D eigenvalue weighted by Crippen LogP contribution is 2.24. The molecule has 1 aromatic carbocycles. The van der Waals surface area contributed by atoms with Gasteiger partial charge in [-0.05, 0) is 42.9 Å². The summed E-state index contributed by atoms with van der Waals surface area (Å²) in [6.07, 6.45) is 3.53. The summed E-state index contributed by atoms with van der Waals surface area (Å²) in [5.41, 5.74) is 2.84. The second kappa shape index (κ2) is 6.36. The van der Waals surface area contributed by atoms with Crippen molar-refractivity contribution in [1.82, 2.24) is 4.90 Å². The molecule has 1 aliphatic heterocycles. The SMILES string of the molecule is Cc1occc1C(=O)N1CCC(Cc2cccc(CO)c2)C1. The summed E-state index contributed by atoms with van der Waals surface area (Å²) in [5, 5.41) is 9.21. The molecule has 1 fully saturated rings. The number of likely N-dealkylation sites (tertiary alicyclic amines) is 1. The number of aliphatic hydroxyl groups excluding tert-OH is 1. The van der Waals surface area contributed by atoms with E-state index in [-0.39, 0.29) is 12.5 Å². The predicted octanol–water partition coefficient (Wildman–Crippen LogP) is 2.79. The Balaban J connectivity index is 1.62. The lowest BCUT2D eigenvalue weighted by Gasteiger charge is -2.16. The maximum absolute atomic E-state index is 12.5. The van der Waals surface area contributed by atoms with Crippen molar-refractivity contribution in [3.8, 4) is 0 Å². The Kier molecular flexibility index (Phi) is 4.29. The molecule has 116 valence electrons. The number of carbonyl (C=O) groups excluding carboxylic acids is 1. The molecule has 4 heteroatoms. The Hall–Kier alpha value is -2.07. The van der Waals surface area contributed by atoms with Gasteiger partial charge in [-0.15, -0.1) is 0 Å². The van der Waals surface area contributed by atoms with Crippen LogP contribution in [0.5, 0.6) is 0 Å². The van der Waals surface area contributed by atoms with Gasteiger partial charge in [-0.3, -0.25) is 4.79 Å². The van der Waals surface area contributed by atoms with E-state index in [9.17, 15) is 9.90 Å². The van der Waals surface area contributed by atoms with Crippen LogP contribution < -0.4 is 0 Å². The van der Waals surface area contributed by atoms with Crippen LogP contribution in [0, 0.1) is 12.8 Å². The zero-order valence-corrected chi connectivity index (χ0v) is 12.8. The summed E-state index contributed by atoms with van der Waals surface area (Å²) in [6, 6.07) is 9.79. The molecule has 0 aliphatic carbocycles. The first kappa shape index (κ1) is 14.9. The molecule has 0 spiro atoms. The van der Waals surface area contributed by atoms with Gasteiger partial charge in [0.05, 0.1) is 18.4 Å². The number of furan rings is 1. The van der Waals surface area contributed by atoms with E-state index in [1.165, 1.54) is 5.56 Å². The smallest absolute Gasteiger partial charge is 0.257 e. The van der Waals surface area contributed by atoms with Crippen LogP contribution in [-0.2, 0) is 13.0 Å². The van der Waals surface area contributed by atoms with E-state index < -0.39 is 0 Å². The first-order chi connectivity index (χ1) is 10.7. The van der Waals surface area contributed by atoms with Crippen LogP contribution in [0.3, 0.4) is 0 Å². The fourth-order valence-electron chi connectivity index (χ4n) is 3.15.